The first-order valence-electron chi connectivity index (χ1n) is 5.86. The molecule has 1 unspecified atom stereocenters. The molecular formula is C13H18ClNO. The summed E-state index contributed by atoms with van der Waals surface area (Å²) in [5.41, 5.74) is 1.21. The number of nitrogens with one attached hydrogen (secondary N) is 1. The Morgan fingerprint density at radius 2 is 2.00 bits per heavy atom. The molecule has 1 aliphatic rings. The van der Waals surface area contributed by atoms with Crippen LogP contribution >= 0.6 is 11.6 Å². The molecule has 2 N–H and O–H groups in total. The first kappa shape index (κ1) is 11.9. The Morgan fingerprint density at radius 1 is 1.31 bits per heavy atom. The van der Waals surface area contributed by atoms with Gasteiger partial charge in [-0.3, -0.25) is 0 Å². The van der Waals surface area contributed by atoms with E-state index in [0.717, 1.165) is 24.3 Å². The van der Waals surface area contributed by atoms with Crippen LogP contribution in [0.2, 0.25) is 5.02 Å². The summed E-state index contributed by atoms with van der Waals surface area (Å²) in [6, 6.07) is 8.36. The van der Waals surface area contributed by atoms with Gasteiger partial charge in [0.15, 0.2) is 0 Å². The number of halogens is 1. The highest BCUT2D eigenvalue weighted by atomic mass is 35.5. The van der Waals surface area contributed by atoms with Gasteiger partial charge >= 0.3 is 0 Å². The van der Waals surface area contributed by atoms with Crippen molar-refractivity contribution in [2.75, 3.05) is 0 Å². The molecule has 88 valence electrons. The molecule has 0 bridgehead atoms. The maximum atomic E-state index is 9.75. The zero-order valence-corrected chi connectivity index (χ0v) is 10.2. The average molecular weight is 240 g/mol. The molecule has 3 atom stereocenters. The molecule has 1 saturated carbocycles. The molecule has 0 radical (unpaired) electrons. The minimum absolute atomic E-state index is 0.185. The lowest BCUT2D eigenvalue weighted by Crippen LogP contribution is -2.37. The van der Waals surface area contributed by atoms with E-state index in [9.17, 15) is 5.11 Å². The van der Waals surface area contributed by atoms with Crippen LogP contribution in [0, 0.1) is 0 Å². The molecule has 1 fully saturated rings. The molecule has 0 saturated heterocycles. The molecule has 0 amide bonds. The summed E-state index contributed by atoms with van der Waals surface area (Å²) in [6.45, 7) is 2.12. The predicted octanol–water partition coefficient (Wildman–Crippen LogP) is 2.90. The fraction of sp³-hybridized carbons (Fsp3) is 0.538. The number of benzene rings is 1. The minimum atomic E-state index is -0.185. The summed E-state index contributed by atoms with van der Waals surface area (Å²) in [7, 11) is 0. The third kappa shape index (κ3) is 2.76. The molecule has 0 spiro atoms. The lowest BCUT2D eigenvalue weighted by Gasteiger charge is -2.22. The Labute approximate surface area is 102 Å². The number of hydrogen-bond acceptors (Lipinski definition) is 2. The van der Waals surface area contributed by atoms with Crippen molar-refractivity contribution in [2.24, 2.45) is 0 Å². The Kier molecular flexibility index (Phi) is 3.85. The van der Waals surface area contributed by atoms with Gasteiger partial charge in [0.2, 0.25) is 0 Å². The van der Waals surface area contributed by atoms with Crippen molar-refractivity contribution in [3.05, 3.63) is 34.9 Å². The van der Waals surface area contributed by atoms with Gasteiger partial charge in [-0.15, -0.1) is 0 Å². The van der Waals surface area contributed by atoms with E-state index in [1.165, 1.54) is 5.56 Å². The van der Waals surface area contributed by atoms with Crippen molar-refractivity contribution in [3.8, 4) is 0 Å². The van der Waals surface area contributed by atoms with Gasteiger partial charge in [-0.2, -0.15) is 0 Å². The van der Waals surface area contributed by atoms with E-state index in [-0.39, 0.29) is 18.2 Å². The number of aliphatic hydroxyl groups excluding tert-OH is 1. The van der Waals surface area contributed by atoms with Crippen LogP contribution in [0.3, 0.4) is 0 Å². The molecule has 0 aromatic heterocycles. The number of hydrogen-bond donors (Lipinski definition) is 2. The highest BCUT2D eigenvalue weighted by Gasteiger charge is 2.26. The van der Waals surface area contributed by atoms with Crippen molar-refractivity contribution < 1.29 is 5.11 Å². The lowest BCUT2D eigenvalue weighted by atomic mass is 10.1. The van der Waals surface area contributed by atoms with Crippen LogP contribution in [-0.4, -0.2) is 17.3 Å². The molecular weight excluding hydrogens is 222 g/mol. The first-order valence-corrected chi connectivity index (χ1v) is 6.24. The monoisotopic (exact) mass is 239 g/mol. The Morgan fingerprint density at radius 3 is 2.56 bits per heavy atom. The van der Waals surface area contributed by atoms with Crippen molar-refractivity contribution in [1.29, 1.82) is 0 Å². The van der Waals surface area contributed by atoms with Gasteiger partial charge in [-0.25, -0.2) is 0 Å². The third-order valence-electron chi connectivity index (χ3n) is 3.31. The van der Waals surface area contributed by atoms with Gasteiger partial charge in [0.25, 0.3) is 0 Å². The van der Waals surface area contributed by atoms with Gasteiger partial charge < -0.3 is 10.4 Å². The van der Waals surface area contributed by atoms with Gasteiger partial charge in [0.1, 0.15) is 0 Å². The second-order valence-electron chi connectivity index (χ2n) is 4.54. The highest BCUT2D eigenvalue weighted by molar-refractivity contribution is 6.30. The molecule has 16 heavy (non-hydrogen) atoms. The predicted molar refractivity (Wildman–Crippen MR) is 66.6 cm³/mol. The van der Waals surface area contributed by atoms with Crippen molar-refractivity contribution in [1.82, 2.24) is 5.32 Å². The second-order valence-corrected chi connectivity index (χ2v) is 4.98. The van der Waals surface area contributed by atoms with Crippen LogP contribution < -0.4 is 5.32 Å². The number of aliphatic hydroxyl groups is 1. The SMILES string of the molecule is CC(N[C@H]1CCC[C@@H]1O)c1ccc(Cl)cc1. The summed E-state index contributed by atoms with van der Waals surface area (Å²) in [6.07, 6.45) is 2.92. The van der Waals surface area contributed by atoms with E-state index >= 15 is 0 Å². The highest BCUT2D eigenvalue weighted by Crippen LogP contribution is 2.23. The van der Waals surface area contributed by atoms with E-state index in [1.807, 2.05) is 24.3 Å². The largest absolute Gasteiger partial charge is 0.392 e. The molecule has 1 aromatic carbocycles. The number of rotatable bonds is 3. The van der Waals surface area contributed by atoms with Crippen molar-refractivity contribution in [3.63, 3.8) is 0 Å². The standard InChI is InChI=1S/C13H18ClNO/c1-9(10-5-7-11(14)8-6-10)15-12-3-2-4-13(12)16/h5-9,12-13,15-16H,2-4H2,1H3/t9?,12-,13-/m0/s1. The quantitative estimate of drug-likeness (QED) is 0.850. The molecule has 0 heterocycles. The smallest absolute Gasteiger partial charge is 0.0693 e. The van der Waals surface area contributed by atoms with Gasteiger partial charge in [0.05, 0.1) is 6.10 Å². The zero-order valence-electron chi connectivity index (χ0n) is 9.49. The van der Waals surface area contributed by atoms with E-state index < -0.39 is 0 Å². The molecule has 2 rings (SSSR count). The molecule has 2 nitrogen and oxygen atoms in total. The Hall–Kier alpha value is -0.570. The van der Waals surface area contributed by atoms with Gasteiger partial charge in [0, 0.05) is 17.1 Å². The van der Waals surface area contributed by atoms with Crippen molar-refractivity contribution in [2.45, 2.75) is 44.4 Å². The summed E-state index contributed by atoms with van der Waals surface area (Å²) >= 11 is 5.85. The van der Waals surface area contributed by atoms with Crippen LogP contribution in [0.1, 0.15) is 37.8 Å². The Bertz CT molecular complexity index is 338. The normalized spacial score (nSPS) is 26.9. The molecule has 3 heteroatoms. The fourth-order valence-electron chi connectivity index (χ4n) is 2.30. The average Bonchev–Trinajstić information content (AvgIpc) is 2.65. The maximum Gasteiger partial charge on any atom is 0.0693 e. The fourth-order valence-corrected chi connectivity index (χ4v) is 2.43. The van der Waals surface area contributed by atoms with Crippen LogP contribution in [-0.2, 0) is 0 Å². The van der Waals surface area contributed by atoms with Crippen LogP contribution in [0.5, 0.6) is 0 Å². The maximum absolute atomic E-state index is 9.75. The van der Waals surface area contributed by atoms with Crippen LogP contribution in [0.15, 0.2) is 24.3 Å². The summed E-state index contributed by atoms with van der Waals surface area (Å²) in [4.78, 5) is 0. The van der Waals surface area contributed by atoms with E-state index in [2.05, 4.69) is 12.2 Å². The molecule has 0 aliphatic heterocycles. The second kappa shape index (κ2) is 5.17. The van der Waals surface area contributed by atoms with Gasteiger partial charge in [-0.05, 0) is 43.9 Å². The summed E-state index contributed by atoms with van der Waals surface area (Å²) < 4.78 is 0. The zero-order chi connectivity index (χ0) is 11.5. The third-order valence-corrected chi connectivity index (χ3v) is 3.57. The summed E-state index contributed by atoms with van der Waals surface area (Å²) in [5, 5.41) is 14.0. The van der Waals surface area contributed by atoms with E-state index in [4.69, 9.17) is 11.6 Å². The van der Waals surface area contributed by atoms with E-state index in [0.29, 0.717) is 0 Å². The van der Waals surface area contributed by atoms with Crippen molar-refractivity contribution >= 4 is 11.6 Å². The van der Waals surface area contributed by atoms with Crippen LogP contribution in [0.4, 0.5) is 0 Å². The molecule has 1 aromatic rings. The van der Waals surface area contributed by atoms with E-state index in [1.54, 1.807) is 0 Å². The topological polar surface area (TPSA) is 32.3 Å². The van der Waals surface area contributed by atoms with Crippen LogP contribution in [0.25, 0.3) is 0 Å². The Balaban J connectivity index is 1.97. The summed E-state index contributed by atoms with van der Waals surface area (Å²) in [5.74, 6) is 0. The minimum Gasteiger partial charge on any atom is -0.392 e. The molecule has 1 aliphatic carbocycles. The first-order chi connectivity index (χ1) is 7.66. The van der Waals surface area contributed by atoms with Gasteiger partial charge in [-0.1, -0.05) is 23.7 Å². The lowest BCUT2D eigenvalue weighted by molar-refractivity contribution is 0.144.